The second-order valence-electron chi connectivity index (χ2n) is 4.68. The molecule has 0 amide bonds. The Morgan fingerprint density at radius 2 is 2.16 bits per heavy atom. The van der Waals surface area contributed by atoms with Crippen molar-refractivity contribution >= 4 is 0 Å². The molecule has 0 aromatic carbocycles. The van der Waals surface area contributed by atoms with Crippen LogP contribution in [0.5, 0.6) is 0 Å². The van der Waals surface area contributed by atoms with E-state index in [1.807, 2.05) is 18.2 Å². The Morgan fingerprint density at radius 1 is 1.32 bits per heavy atom. The van der Waals surface area contributed by atoms with Gasteiger partial charge in [-0.25, -0.2) is 0 Å². The van der Waals surface area contributed by atoms with Crippen LogP contribution in [0.15, 0.2) is 28.9 Å². The molecule has 102 valence electrons. The van der Waals surface area contributed by atoms with Gasteiger partial charge in [0.15, 0.2) is 5.82 Å². The van der Waals surface area contributed by atoms with Crippen molar-refractivity contribution in [1.29, 1.82) is 0 Å². The number of nitrogens with zero attached hydrogens (tertiary/aromatic N) is 3. The number of likely N-dealkylation sites (N-methyl/N-ethyl adjacent to an activating group) is 1. The first-order valence-corrected chi connectivity index (χ1v) is 6.66. The molecular formula is C14H20N4O. The van der Waals surface area contributed by atoms with E-state index >= 15 is 0 Å². The molecule has 0 radical (unpaired) electrons. The van der Waals surface area contributed by atoms with E-state index in [2.05, 4.69) is 41.2 Å². The Labute approximate surface area is 113 Å². The van der Waals surface area contributed by atoms with Gasteiger partial charge < -0.3 is 9.84 Å². The molecule has 0 aliphatic heterocycles. The van der Waals surface area contributed by atoms with Crippen LogP contribution in [-0.4, -0.2) is 27.7 Å². The van der Waals surface area contributed by atoms with Gasteiger partial charge in [0, 0.05) is 17.9 Å². The Hall–Kier alpha value is -1.75. The number of rotatable bonds is 6. The minimum atomic E-state index is 0.199. The van der Waals surface area contributed by atoms with Crippen molar-refractivity contribution in [3.63, 3.8) is 0 Å². The first kappa shape index (κ1) is 13.7. The second-order valence-corrected chi connectivity index (χ2v) is 4.68. The molecule has 19 heavy (non-hydrogen) atoms. The van der Waals surface area contributed by atoms with Crippen molar-refractivity contribution in [3.8, 4) is 0 Å². The van der Waals surface area contributed by atoms with E-state index in [9.17, 15) is 0 Å². The molecule has 2 aromatic heterocycles. The van der Waals surface area contributed by atoms with Gasteiger partial charge in [-0.2, -0.15) is 4.98 Å². The Morgan fingerprint density at radius 3 is 2.84 bits per heavy atom. The molecule has 1 N–H and O–H groups in total. The molecule has 0 saturated carbocycles. The van der Waals surface area contributed by atoms with Gasteiger partial charge in [0.05, 0.1) is 12.3 Å². The maximum atomic E-state index is 5.34. The summed E-state index contributed by atoms with van der Waals surface area (Å²) >= 11 is 0. The van der Waals surface area contributed by atoms with Crippen LogP contribution >= 0.6 is 0 Å². The monoisotopic (exact) mass is 260 g/mol. The molecule has 0 fully saturated rings. The summed E-state index contributed by atoms with van der Waals surface area (Å²) in [4.78, 5) is 8.71. The highest BCUT2D eigenvalue weighted by molar-refractivity contribution is 5.09. The van der Waals surface area contributed by atoms with Gasteiger partial charge in [0.25, 0.3) is 0 Å². The van der Waals surface area contributed by atoms with Crippen molar-refractivity contribution in [2.45, 2.75) is 39.2 Å². The highest BCUT2D eigenvalue weighted by Crippen LogP contribution is 2.17. The summed E-state index contributed by atoms with van der Waals surface area (Å²) in [7, 11) is 0. The van der Waals surface area contributed by atoms with Crippen molar-refractivity contribution in [2.24, 2.45) is 0 Å². The van der Waals surface area contributed by atoms with Gasteiger partial charge >= 0.3 is 0 Å². The molecular weight excluding hydrogens is 240 g/mol. The highest BCUT2D eigenvalue weighted by atomic mass is 16.5. The molecule has 0 aliphatic carbocycles. The van der Waals surface area contributed by atoms with Crippen molar-refractivity contribution in [3.05, 3.63) is 41.8 Å². The summed E-state index contributed by atoms with van der Waals surface area (Å²) < 4.78 is 5.34. The van der Waals surface area contributed by atoms with Crippen LogP contribution in [-0.2, 0) is 6.42 Å². The molecule has 5 nitrogen and oxygen atoms in total. The Balaban J connectivity index is 2.03. The van der Waals surface area contributed by atoms with Crippen molar-refractivity contribution in [2.75, 3.05) is 6.54 Å². The van der Waals surface area contributed by atoms with E-state index in [0.29, 0.717) is 24.2 Å². The first-order chi connectivity index (χ1) is 9.20. The normalized spacial score (nSPS) is 14.3. The highest BCUT2D eigenvalue weighted by Gasteiger charge is 2.20. The fraction of sp³-hybridized carbons (Fsp3) is 0.500. The van der Waals surface area contributed by atoms with Gasteiger partial charge in [0.1, 0.15) is 0 Å². The van der Waals surface area contributed by atoms with Crippen LogP contribution in [0.4, 0.5) is 0 Å². The van der Waals surface area contributed by atoms with Crippen LogP contribution < -0.4 is 5.32 Å². The zero-order chi connectivity index (χ0) is 13.7. The predicted octanol–water partition coefficient (Wildman–Crippen LogP) is 2.16. The summed E-state index contributed by atoms with van der Waals surface area (Å²) in [6, 6.07) is 6.12. The van der Waals surface area contributed by atoms with E-state index < -0.39 is 0 Å². The number of pyridine rings is 1. The smallest absolute Gasteiger partial charge is 0.231 e. The van der Waals surface area contributed by atoms with E-state index in [4.69, 9.17) is 4.52 Å². The largest absolute Gasteiger partial charge is 0.339 e. The van der Waals surface area contributed by atoms with Crippen LogP contribution in [0, 0.1) is 0 Å². The van der Waals surface area contributed by atoms with E-state index in [1.54, 1.807) is 6.20 Å². The van der Waals surface area contributed by atoms with Crippen LogP contribution in [0.25, 0.3) is 0 Å². The minimum absolute atomic E-state index is 0.199. The third kappa shape index (κ3) is 3.61. The van der Waals surface area contributed by atoms with Crippen LogP contribution in [0.1, 0.15) is 44.1 Å². The Kier molecular flexibility index (Phi) is 4.63. The lowest BCUT2D eigenvalue weighted by molar-refractivity contribution is 0.330. The van der Waals surface area contributed by atoms with Gasteiger partial charge in [-0.1, -0.05) is 25.1 Å². The molecule has 0 saturated heterocycles. The first-order valence-electron chi connectivity index (χ1n) is 6.66. The zero-order valence-corrected chi connectivity index (χ0v) is 11.6. The number of nitrogens with one attached hydrogen (secondary N) is 1. The fourth-order valence-electron chi connectivity index (χ4n) is 1.90. The van der Waals surface area contributed by atoms with E-state index in [0.717, 1.165) is 12.2 Å². The topological polar surface area (TPSA) is 63.8 Å². The number of hydrogen-bond donors (Lipinski definition) is 1. The average molecular weight is 260 g/mol. The Bertz CT molecular complexity index is 497. The summed E-state index contributed by atoms with van der Waals surface area (Å²) in [5.74, 6) is 1.56. The standard InChI is InChI=1S/C14H20N4O/c1-4-15-11(3)10(2)14-17-13(18-19-14)9-12-7-5-6-8-16-12/h5-8,10-11,15H,4,9H2,1-3H3. The molecule has 0 bridgehead atoms. The molecule has 2 aromatic rings. The third-order valence-electron chi connectivity index (χ3n) is 3.21. The minimum Gasteiger partial charge on any atom is -0.339 e. The van der Waals surface area contributed by atoms with E-state index in [1.165, 1.54) is 0 Å². The lowest BCUT2D eigenvalue weighted by atomic mass is 10.0. The SMILES string of the molecule is CCNC(C)C(C)c1nc(Cc2ccccn2)no1. The molecule has 2 unspecified atom stereocenters. The van der Waals surface area contributed by atoms with E-state index in [-0.39, 0.29) is 5.92 Å². The van der Waals surface area contributed by atoms with Crippen molar-refractivity contribution in [1.82, 2.24) is 20.4 Å². The van der Waals surface area contributed by atoms with Crippen molar-refractivity contribution < 1.29 is 4.52 Å². The quantitative estimate of drug-likeness (QED) is 0.862. The molecule has 0 aliphatic rings. The lowest BCUT2D eigenvalue weighted by Crippen LogP contribution is -2.30. The van der Waals surface area contributed by atoms with Gasteiger partial charge in [-0.3, -0.25) is 4.98 Å². The average Bonchev–Trinajstić information content (AvgIpc) is 2.88. The van der Waals surface area contributed by atoms with Crippen LogP contribution in [0.2, 0.25) is 0 Å². The molecule has 2 heterocycles. The molecule has 2 rings (SSSR count). The molecule has 0 spiro atoms. The lowest BCUT2D eigenvalue weighted by Gasteiger charge is -2.16. The number of aromatic nitrogens is 3. The maximum Gasteiger partial charge on any atom is 0.231 e. The van der Waals surface area contributed by atoms with Crippen LogP contribution in [0.3, 0.4) is 0 Å². The fourth-order valence-corrected chi connectivity index (χ4v) is 1.90. The van der Waals surface area contributed by atoms with Gasteiger partial charge in [0.2, 0.25) is 5.89 Å². The molecule has 5 heteroatoms. The maximum absolute atomic E-state index is 5.34. The summed E-state index contributed by atoms with van der Waals surface area (Å²) in [6.07, 6.45) is 2.37. The third-order valence-corrected chi connectivity index (χ3v) is 3.21. The van der Waals surface area contributed by atoms with Gasteiger partial charge in [-0.05, 0) is 25.6 Å². The summed E-state index contributed by atoms with van der Waals surface area (Å²) in [5, 5.41) is 7.38. The predicted molar refractivity (Wildman–Crippen MR) is 72.9 cm³/mol. The second kappa shape index (κ2) is 6.43. The number of hydrogen-bond acceptors (Lipinski definition) is 5. The molecule has 2 atom stereocenters. The zero-order valence-electron chi connectivity index (χ0n) is 11.6. The summed E-state index contributed by atoms with van der Waals surface area (Å²) in [6.45, 7) is 7.23. The van der Waals surface area contributed by atoms with Gasteiger partial charge in [-0.15, -0.1) is 0 Å². The summed E-state index contributed by atoms with van der Waals surface area (Å²) in [5.41, 5.74) is 0.947.